The van der Waals surface area contributed by atoms with Crippen LogP contribution in [0.25, 0.3) is 21.8 Å². The lowest BCUT2D eigenvalue weighted by molar-refractivity contribution is -0.136. The van der Waals surface area contributed by atoms with Crippen LogP contribution in [0, 0.1) is 17.8 Å². The van der Waals surface area contributed by atoms with Gasteiger partial charge in [-0.1, -0.05) is 91.3 Å². The number of amides is 6. The Morgan fingerprint density at radius 2 is 1.02 bits per heavy atom. The van der Waals surface area contributed by atoms with E-state index in [1.165, 1.54) is 11.8 Å². The first-order valence-corrected chi connectivity index (χ1v) is 22.5. The number of aromatic nitrogens is 2. The number of rotatable bonds is 9. The van der Waals surface area contributed by atoms with Gasteiger partial charge in [0.1, 0.15) is 30.2 Å². The van der Waals surface area contributed by atoms with Gasteiger partial charge in [-0.3, -0.25) is 34.1 Å². The largest absolute Gasteiger partial charge is 0.361 e. The predicted octanol–water partition coefficient (Wildman–Crippen LogP) is 3.16. The Morgan fingerprint density at radius 1 is 0.557 bits per heavy atom. The quantitative estimate of drug-likeness (QED) is 0.122. The molecule has 0 spiro atoms. The van der Waals surface area contributed by atoms with E-state index in [2.05, 4.69) is 47.2 Å². The first-order valence-electron chi connectivity index (χ1n) is 21.4. The molecule has 2 fully saturated rings. The minimum Gasteiger partial charge on any atom is -0.361 e. The Hall–Kier alpha value is -5.35. The van der Waals surface area contributed by atoms with Crippen LogP contribution in [-0.4, -0.2) is 98.8 Å². The lowest BCUT2D eigenvalue weighted by Crippen LogP contribution is -2.61. The summed E-state index contributed by atoms with van der Waals surface area (Å²) < 4.78 is 0. The summed E-state index contributed by atoms with van der Waals surface area (Å²) in [7, 11) is 0. The number of hydrogen-bond acceptors (Lipinski definition) is 8. The van der Waals surface area contributed by atoms with Crippen molar-refractivity contribution in [2.24, 2.45) is 17.8 Å². The van der Waals surface area contributed by atoms with Gasteiger partial charge >= 0.3 is 0 Å². The fourth-order valence-electron chi connectivity index (χ4n) is 8.10. The Bertz CT molecular complexity index is 2220. The number of aromatic amines is 2. The van der Waals surface area contributed by atoms with E-state index in [-0.39, 0.29) is 42.4 Å². The minimum atomic E-state index is -1.13. The predicted molar refractivity (Wildman–Crippen MR) is 238 cm³/mol. The van der Waals surface area contributed by atoms with E-state index in [0.717, 1.165) is 32.9 Å². The summed E-state index contributed by atoms with van der Waals surface area (Å²) in [6, 6.07) is 8.94. The van der Waals surface area contributed by atoms with E-state index in [9.17, 15) is 28.8 Å². The monoisotopic (exact) mass is 855 g/mol. The highest BCUT2D eigenvalue weighted by Crippen LogP contribution is 2.27. The van der Waals surface area contributed by atoms with Crippen molar-refractivity contribution in [3.63, 3.8) is 0 Å². The third kappa shape index (κ3) is 10.8. The van der Waals surface area contributed by atoms with Crippen molar-refractivity contribution in [1.82, 2.24) is 47.2 Å². The molecule has 2 aromatic heterocycles. The van der Waals surface area contributed by atoms with Crippen LogP contribution < -0.4 is 37.2 Å². The first-order chi connectivity index (χ1) is 29.1. The minimum absolute atomic E-state index is 0.0756. The van der Waals surface area contributed by atoms with Crippen molar-refractivity contribution < 1.29 is 28.8 Å². The molecule has 2 aliphatic rings. The molecule has 0 saturated carbocycles. The van der Waals surface area contributed by atoms with Crippen molar-refractivity contribution in [3.8, 4) is 0 Å². The Labute approximate surface area is 361 Å². The van der Waals surface area contributed by atoms with Crippen LogP contribution in [0.15, 0.2) is 60.9 Å². The smallest absolute Gasteiger partial charge is 0.243 e. The van der Waals surface area contributed by atoms with Crippen LogP contribution in [0.1, 0.15) is 72.4 Å². The molecule has 8 atom stereocenters. The molecule has 2 aliphatic heterocycles. The van der Waals surface area contributed by atoms with Crippen LogP contribution in [0.3, 0.4) is 0 Å². The number of fused-ring (bicyclic) bond motifs is 4. The molecule has 4 aromatic rings. The first kappa shape index (κ1) is 45.2. The van der Waals surface area contributed by atoms with E-state index < -0.39 is 77.7 Å². The summed E-state index contributed by atoms with van der Waals surface area (Å²) in [4.78, 5) is 91.9. The fourth-order valence-corrected chi connectivity index (χ4v) is 9.60. The van der Waals surface area contributed by atoms with Gasteiger partial charge in [0.2, 0.25) is 35.4 Å². The molecule has 0 aliphatic carbocycles. The van der Waals surface area contributed by atoms with Crippen molar-refractivity contribution in [3.05, 3.63) is 72.1 Å². The number of nitrogens with one attached hydrogen (secondary N) is 9. The van der Waals surface area contributed by atoms with Crippen LogP contribution in [0.5, 0.6) is 0 Å². The maximum atomic E-state index is 14.4. The molecule has 2 bridgehead atoms. The lowest BCUT2D eigenvalue weighted by atomic mass is 9.98. The molecule has 4 heterocycles. The SMILES string of the molecule is CCC[C@H]1NC(=O)[C@H](Cc2c[nH]c3ccccc23)NC(=O)[C@@H](C(C)C)NC(=O)[C@@H]2CSC(N2)[C@H](C(C)C)NC(=O)[C@@H](Cc2c[nH]c3ccccc23)NC(=O)[C@H](C(C)C)NC1=O. The molecule has 0 radical (unpaired) electrons. The van der Waals surface area contributed by atoms with E-state index in [0.29, 0.717) is 12.2 Å². The molecule has 6 amide bonds. The van der Waals surface area contributed by atoms with Gasteiger partial charge in [0.05, 0.1) is 17.5 Å². The molecule has 15 nitrogen and oxygen atoms in total. The number of benzene rings is 2. The number of para-hydroxylation sites is 2. The number of H-pyrrole nitrogens is 2. The second-order valence-corrected chi connectivity index (χ2v) is 18.5. The molecular weight excluding hydrogens is 795 g/mol. The van der Waals surface area contributed by atoms with E-state index in [1.54, 1.807) is 20.0 Å². The highest BCUT2D eigenvalue weighted by molar-refractivity contribution is 8.00. The number of thioether (sulfide) groups is 1. The zero-order valence-electron chi connectivity index (χ0n) is 36.0. The second-order valence-electron chi connectivity index (χ2n) is 17.3. The van der Waals surface area contributed by atoms with Gasteiger partial charge in [0, 0.05) is 52.8 Å². The van der Waals surface area contributed by atoms with Crippen molar-refractivity contribution in [2.75, 3.05) is 5.75 Å². The van der Waals surface area contributed by atoms with Gasteiger partial charge in [-0.25, -0.2) is 0 Å². The molecule has 1 unspecified atom stereocenters. The maximum Gasteiger partial charge on any atom is 0.243 e. The van der Waals surface area contributed by atoms with Crippen LogP contribution in [0.4, 0.5) is 0 Å². The molecule has 2 aromatic carbocycles. The van der Waals surface area contributed by atoms with E-state index in [1.807, 2.05) is 89.3 Å². The Kier molecular flexibility index (Phi) is 14.8. The maximum absolute atomic E-state index is 14.4. The van der Waals surface area contributed by atoms with Crippen LogP contribution in [0.2, 0.25) is 0 Å². The summed E-state index contributed by atoms with van der Waals surface area (Å²) in [5.41, 5.74) is 3.36. The number of carbonyl (C=O) groups excluding carboxylic acids is 6. The summed E-state index contributed by atoms with van der Waals surface area (Å²) >= 11 is 1.50. The van der Waals surface area contributed by atoms with Crippen molar-refractivity contribution in [2.45, 2.75) is 122 Å². The molecule has 16 heteroatoms. The van der Waals surface area contributed by atoms with Gasteiger partial charge in [0.25, 0.3) is 0 Å². The number of carbonyl (C=O) groups is 6. The van der Waals surface area contributed by atoms with Crippen LogP contribution >= 0.6 is 11.8 Å². The van der Waals surface area contributed by atoms with E-state index >= 15 is 0 Å². The van der Waals surface area contributed by atoms with Gasteiger partial charge in [-0.2, -0.15) is 0 Å². The summed E-state index contributed by atoms with van der Waals surface area (Å²) in [5, 5.41) is 22.6. The highest BCUT2D eigenvalue weighted by Gasteiger charge is 2.40. The van der Waals surface area contributed by atoms with Crippen molar-refractivity contribution in [1.29, 1.82) is 0 Å². The Balaban J connectivity index is 1.36. The summed E-state index contributed by atoms with van der Waals surface area (Å²) in [6.45, 7) is 13.1. The highest BCUT2D eigenvalue weighted by atomic mass is 32.2. The molecule has 328 valence electrons. The van der Waals surface area contributed by atoms with Gasteiger partial charge in [-0.15, -0.1) is 11.8 Å². The summed E-state index contributed by atoms with van der Waals surface area (Å²) in [6.07, 6.45) is 4.65. The average Bonchev–Trinajstić information content (AvgIpc) is 3.99. The van der Waals surface area contributed by atoms with Crippen LogP contribution in [-0.2, 0) is 41.6 Å². The molecule has 6 rings (SSSR count). The molecule has 9 N–H and O–H groups in total. The lowest BCUT2D eigenvalue weighted by Gasteiger charge is -2.31. The van der Waals surface area contributed by atoms with Crippen molar-refractivity contribution >= 4 is 69.0 Å². The summed E-state index contributed by atoms with van der Waals surface area (Å²) in [5.74, 6) is -3.49. The average molecular weight is 856 g/mol. The van der Waals surface area contributed by atoms with E-state index in [4.69, 9.17) is 0 Å². The standard InChI is InChI=1S/C45H61N9O6S/c1-8-13-32-39(55)52-36(23(2)3)43(59)50-34(19-27-21-47-31-17-12-10-15-29(27)31)41(57)54-38(25(6)7)45-51-35(22-61-45)42(58)53-37(24(4)5)44(60)49-33(40(56)48-32)18-26-20-46-30-16-11-9-14-28(26)30/h9-12,14-17,20-21,23-25,32-38,45-47,51H,8,13,18-19,22H2,1-7H3,(H,48,56)(H,49,60)(H,50,59)(H,52,55)(H,53,58)(H,54,57)/t32-,33+,34-,35+,36+,37-,38+,45?/m1/s1. The number of hydrogen-bond donors (Lipinski definition) is 9. The third-order valence-electron chi connectivity index (χ3n) is 11.6. The molecule has 2 saturated heterocycles. The molecular formula is C45H61N9O6S. The van der Waals surface area contributed by atoms with Gasteiger partial charge in [-0.05, 0) is 47.4 Å². The molecule has 61 heavy (non-hydrogen) atoms. The zero-order valence-corrected chi connectivity index (χ0v) is 36.8. The fraction of sp³-hybridized carbons (Fsp3) is 0.511. The Morgan fingerprint density at radius 3 is 1.51 bits per heavy atom. The van der Waals surface area contributed by atoms with Gasteiger partial charge < -0.3 is 41.9 Å². The second kappa shape index (κ2) is 20.0. The third-order valence-corrected chi connectivity index (χ3v) is 13.0. The normalized spacial score (nSPS) is 26.5. The topological polar surface area (TPSA) is 218 Å². The zero-order chi connectivity index (χ0) is 44.0. The van der Waals surface area contributed by atoms with Gasteiger partial charge in [0.15, 0.2) is 0 Å².